The molecule has 1 unspecified atom stereocenters. The van der Waals surface area contributed by atoms with E-state index in [1.807, 2.05) is 0 Å². The Hall–Kier alpha value is -3.01. The topological polar surface area (TPSA) is 95.0 Å². The van der Waals surface area contributed by atoms with E-state index in [1.165, 1.54) is 18.0 Å². The molecule has 1 fully saturated rings. The van der Waals surface area contributed by atoms with E-state index >= 15 is 0 Å². The quantitative estimate of drug-likeness (QED) is 0.641. The summed E-state index contributed by atoms with van der Waals surface area (Å²) in [5, 5.41) is 10.9. The third kappa shape index (κ3) is 4.84. The normalized spacial score (nSPS) is 19.0. The number of carbonyl (C=O) groups excluding carboxylic acids is 2. The van der Waals surface area contributed by atoms with Gasteiger partial charge in [0.25, 0.3) is 0 Å². The second kappa shape index (κ2) is 9.86. The van der Waals surface area contributed by atoms with Crippen LogP contribution in [0.25, 0.3) is 5.57 Å². The highest BCUT2D eigenvalue weighted by Gasteiger charge is 2.35. The summed E-state index contributed by atoms with van der Waals surface area (Å²) in [6.07, 6.45) is 0.499. The zero-order valence-corrected chi connectivity index (χ0v) is 17.4. The van der Waals surface area contributed by atoms with E-state index in [4.69, 9.17) is 14.9 Å². The molecular weight excluding hydrogens is 410 g/mol. The Morgan fingerprint density at radius 2 is 2.03 bits per heavy atom. The second-order valence-electron chi connectivity index (χ2n) is 7.51. The Morgan fingerprint density at radius 1 is 1.32 bits per heavy atom. The van der Waals surface area contributed by atoms with Crippen molar-refractivity contribution in [2.45, 2.75) is 32.0 Å². The monoisotopic (exact) mass is 436 g/mol. The van der Waals surface area contributed by atoms with Crippen LogP contribution >= 0.6 is 0 Å². The number of carbonyl (C=O) groups is 2. The number of rotatable bonds is 7. The number of allylic oxidation sites excluding steroid dienone is 1. The molecule has 0 spiro atoms. The smallest absolute Gasteiger partial charge is 0.414 e. The van der Waals surface area contributed by atoms with Crippen LogP contribution in [0, 0.1) is 5.41 Å². The molecule has 31 heavy (non-hydrogen) atoms. The molecule has 2 heterocycles. The Morgan fingerprint density at radius 3 is 2.58 bits per heavy atom. The maximum absolute atomic E-state index is 12.9. The Labute approximate surface area is 179 Å². The fourth-order valence-electron chi connectivity index (χ4n) is 3.52. The van der Waals surface area contributed by atoms with Crippen molar-refractivity contribution in [3.8, 4) is 0 Å². The van der Waals surface area contributed by atoms with Crippen molar-refractivity contribution in [2.75, 3.05) is 42.9 Å². The van der Waals surface area contributed by atoms with Gasteiger partial charge in [0.15, 0.2) is 6.10 Å². The molecule has 0 radical (unpaired) electrons. The van der Waals surface area contributed by atoms with Gasteiger partial charge in [-0.05, 0) is 24.6 Å². The van der Waals surface area contributed by atoms with E-state index < -0.39 is 25.5 Å². The van der Waals surface area contributed by atoms with Crippen LogP contribution in [-0.4, -0.2) is 69.5 Å². The van der Waals surface area contributed by atoms with Crippen molar-refractivity contribution < 1.29 is 27.8 Å². The van der Waals surface area contributed by atoms with Crippen molar-refractivity contribution in [2.24, 2.45) is 0 Å². The lowest BCUT2D eigenvalue weighted by atomic mass is 10.0. The van der Waals surface area contributed by atoms with Gasteiger partial charge in [0.2, 0.25) is 5.91 Å². The van der Waals surface area contributed by atoms with E-state index in [-0.39, 0.29) is 24.5 Å². The molecule has 2 aliphatic heterocycles. The van der Waals surface area contributed by atoms with Crippen molar-refractivity contribution >= 4 is 35.2 Å². The minimum Gasteiger partial charge on any atom is -0.440 e. The van der Waals surface area contributed by atoms with Gasteiger partial charge >= 0.3 is 6.09 Å². The number of nitrogens with one attached hydrogen (secondary N) is 2. The molecule has 2 aliphatic rings. The van der Waals surface area contributed by atoms with Crippen LogP contribution in [0.3, 0.4) is 0 Å². The van der Waals surface area contributed by atoms with Crippen LogP contribution in [-0.2, 0) is 14.3 Å². The number of hydrogen-bond donors (Lipinski definition) is 2. The van der Waals surface area contributed by atoms with Crippen LogP contribution in [0.2, 0.25) is 0 Å². The number of benzene rings is 1. The Bertz CT molecular complexity index is 871. The first-order chi connectivity index (χ1) is 14.9. The first kappa shape index (κ1) is 22.7. The maximum Gasteiger partial charge on any atom is 0.414 e. The highest BCUT2D eigenvalue weighted by molar-refractivity contribution is 6.10. The van der Waals surface area contributed by atoms with Crippen LogP contribution in [0.15, 0.2) is 24.4 Å². The summed E-state index contributed by atoms with van der Waals surface area (Å²) in [5.74, 6) is -0.200. The third-order valence-electron chi connectivity index (χ3n) is 5.19. The first-order valence-electron chi connectivity index (χ1n) is 9.98. The van der Waals surface area contributed by atoms with Crippen molar-refractivity contribution in [1.82, 2.24) is 5.32 Å². The highest BCUT2D eigenvalue weighted by Crippen LogP contribution is 2.38. The average Bonchev–Trinajstić information content (AvgIpc) is 2.72. The number of hydrogen-bond acceptors (Lipinski definition) is 6. The lowest BCUT2D eigenvalue weighted by Gasteiger charge is -2.40. The van der Waals surface area contributed by atoms with Crippen LogP contribution in [0.5, 0.6) is 0 Å². The fraction of sp³-hybridized carbons (Fsp3) is 0.476. The summed E-state index contributed by atoms with van der Waals surface area (Å²) < 4.78 is 35.9. The number of amides is 2. The summed E-state index contributed by atoms with van der Waals surface area (Å²) in [6, 6.07) is 4.90. The summed E-state index contributed by atoms with van der Waals surface area (Å²) in [6.45, 7) is 2.21. The molecule has 1 saturated heterocycles. The van der Waals surface area contributed by atoms with E-state index in [2.05, 4.69) is 5.32 Å². The molecule has 1 aromatic carbocycles. The predicted molar refractivity (Wildman–Crippen MR) is 113 cm³/mol. The van der Waals surface area contributed by atoms with Gasteiger partial charge in [-0.3, -0.25) is 9.69 Å². The minimum atomic E-state index is -1.48. The summed E-state index contributed by atoms with van der Waals surface area (Å²) in [4.78, 5) is 27.8. The van der Waals surface area contributed by atoms with Gasteiger partial charge in [-0.15, -0.1) is 0 Å². The van der Waals surface area contributed by atoms with E-state index in [0.717, 1.165) is 0 Å². The van der Waals surface area contributed by atoms with Crippen molar-refractivity contribution in [3.05, 3.63) is 30.0 Å². The molecule has 0 aromatic heterocycles. The van der Waals surface area contributed by atoms with Crippen LogP contribution in [0.4, 0.5) is 25.0 Å². The molecule has 0 saturated carbocycles. The zero-order chi connectivity index (χ0) is 22.5. The summed E-state index contributed by atoms with van der Waals surface area (Å²) in [7, 11) is 0. The first-order valence-corrected chi connectivity index (χ1v) is 9.98. The molecule has 2 amide bonds. The Kier molecular flexibility index (Phi) is 7.21. The number of nitrogens with zero attached hydrogens (tertiary/aromatic N) is 2. The number of fused-ring (bicyclic) bond motifs is 1. The molecule has 8 nitrogen and oxygen atoms in total. The average molecular weight is 436 g/mol. The van der Waals surface area contributed by atoms with Gasteiger partial charge < -0.3 is 25.1 Å². The van der Waals surface area contributed by atoms with Gasteiger partial charge in [-0.25, -0.2) is 13.6 Å². The van der Waals surface area contributed by atoms with E-state index in [9.17, 15) is 18.4 Å². The molecule has 168 valence electrons. The molecular formula is C21H26F2N4O4. The standard InChI is InChI=1S/C21H26F2N4O4/c1-13-10-26(21(29)31-18(6-22)7-23)20-5-15(3-4-19(20)27(13)14(2)28)16(8-24)9-25-17-11-30-12-17/h3-5,8-9,13,17-18,24-25H,6-7,10-12H2,1-2H3/b16-9+,24-8?. The van der Waals surface area contributed by atoms with Gasteiger partial charge in [0.05, 0.1) is 36.7 Å². The van der Waals surface area contributed by atoms with Crippen molar-refractivity contribution in [3.63, 3.8) is 0 Å². The van der Waals surface area contributed by atoms with Crippen molar-refractivity contribution in [1.29, 1.82) is 5.41 Å². The molecule has 3 rings (SSSR count). The van der Waals surface area contributed by atoms with Gasteiger partial charge in [0, 0.05) is 31.5 Å². The Balaban J connectivity index is 1.98. The molecule has 1 atom stereocenters. The molecule has 0 aliphatic carbocycles. The van der Waals surface area contributed by atoms with Crippen LogP contribution in [0.1, 0.15) is 19.4 Å². The second-order valence-corrected chi connectivity index (χ2v) is 7.51. The third-order valence-corrected chi connectivity index (χ3v) is 5.19. The number of alkyl halides is 2. The number of anilines is 2. The summed E-state index contributed by atoms with van der Waals surface area (Å²) in [5.41, 5.74) is 2.03. The highest BCUT2D eigenvalue weighted by atomic mass is 19.1. The van der Waals surface area contributed by atoms with Gasteiger partial charge in [-0.2, -0.15) is 0 Å². The molecule has 0 bridgehead atoms. The molecule has 10 heteroatoms. The van der Waals surface area contributed by atoms with E-state index in [0.29, 0.717) is 35.7 Å². The SMILES string of the molecule is CC(=O)N1c2ccc(/C(C=N)=C/NC3COC3)cc2N(C(=O)OC(CF)CF)CC1C. The zero-order valence-electron chi connectivity index (χ0n) is 17.4. The van der Waals surface area contributed by atoms with Crippen LogP contribution < -0.4 is 15.1 Å². The van der Waals surface area contributed by atoms with Gasteiger partial charge in [0.1, 0.15) is 13.3 Å². The number of halogens is 2. The predicted octanol–water partition coefficient (Wildman–Crippen LogP) is 2.67. The molecule has 2 N–H and O–H groups in total. The van der Waals surface area contributed by atoms with Gasteiger partial charge in [-0.1, -0.05) is 6.07 Å². The number of ether oxygens (including phenoxy) is 2. The largest absolute Gasteiger partial charge is 0.440 e. The fourth-order valence-corrected chi connectivity index (χ4v) is 3.52. The lowest BCUT2D eigenvalue weighted by molar-refractivity contribution is -0.117. The summed E-state index contributed by atoms with van der Waals surface area (Å²) >= 11 is 0. The minimum absolute atomic E-state index is 0.0987. The molecule has 1 aromatic rings. The lowest BCUT2D eigenvalue weighted by Crippen LogP contribution is -2.52. The maximum atomic E-state index is 12.9. The van der Waals surface area contributed by atoms with E-state index in [1.54, 1.807) is 36.2 Å².